The second-order valence-corrected chi connectivity index (χ2v) is 60.0. The van der Waals surface area contributed by atoms with Gasteiger partial charge in [-0.05, 0) is 346 Å². The summed E-state index contributed by atoms with van der Waals surface area (Å²) in [7, 11) is -14.6. The van der Waals surface area contributed by atoms with Crippen molar-refractivity contribution in [3.63, 3.8) is 0 Å². The summed E-state index contributed by atoms with van der Waals surface area (Å²) in [5.41, 5.74) is -0.658. The smallest absolute Gasteiger partial charge is 0.536 e. The quantitative estimate of drug-likeness (QED) is 0.0580. The lowest BCUT2D eigenvalue weighted by Crippen LogP contribution is -2.44. The molecule has 0 aliphatic carbocycles. The Balaban J connectivity index is 0.000000219. The fourth-order valence-electron chi connectivity index (χ4n) is 17.6. The third kappa shape index (κ3) is 29.4. The van der Waals surface area contributed by atoms with E-state index in [1.807, 2.05) is 247 Å². The molecule has 0 bridgehead atoms. The van der Waals surface area contributed by atoms with Crippen molar-refractivity contribution in [1.82, 2.24) is 31.7 Å². The van der Waals surface area contributed by atoms with Crippen molar-refractivity contribution in [3.8, 4) is 5.75 Å². The van der Waals surface area contributed by atoms with Gasteiger partial charge in [-0.25, -0.2) is 38.4 Å². The third-order valence-corrected chi connectivity index (χ3v) is 38.0. The molecule has 149 heavy (non-hydrogen) atoms. The summed E-state index contributed by atoms with van der Waals surface area (Å²) in [5, 5.41) is 28.8. The van der Waals surface area contributed by atoms with Crippen LogP contribution in [0.5, 0.6) is 5.75 Å². The number of nitrogens with zero attached hydrogens (tertiary/aromatic N) is 6. The number of likely N-dealkylation sites (tertiary alicyclic amines) is 1. The summed E-state index contributed by atoms with van der Waals surface area (Å²) in [6.07, 6.45) is 2.58. The van der Waals surface area contributed by atoms with Gasteiger partial charge in [-0.3, -0.25) is 9.69 Å². The molecule has 1 radical (unpaired) electrons. The van der Waals surface area contributed by atoms with Gasteiger partial charge in [0, 0.05) is 66.7 Å². The highest BCUT2D eigenvalue weighted by molar-refractivity contribution is 7.90. The topological polar surface area (TPSA) is 332 Å². The molecule has 0 amide bonds. The van der Waals surface area contributed by atoms with Crippen molar-refractivity contribution >= 4 is 122 Å². The minimum atomic E-state index is -4.77. The fraction of sp³-hybridized carbons (Fsp3) is 0.657. The number of alkyl halides is 3. The Labute approximate surface area is 893 Å². The summed E-state index contributed by atoms with van der Waals surface area (Å²) < 4.78 is 208. The number of para-hydroxylation sites is 1. The number of nitrogens with one attached hydrogen (secondary N) is 1. The van der Waals surface area contributed by atoms with Crippen LogP contribution in [0.15, 0.2) is 134 Å². The van der Waals surface area contributed by atoms with Crippen LogP contribution < -0.4 is 42.2 Å². The lowest BCUT2D eigenvalue weighted by atomic mass is 9.75. The van der Waals surface area contributed by atoms with Crippen molar-refractivity contribution in [2.24, 2.45) is 5.41 Å². The van der Waals surface area contributed by atoms with E-state index in [4.69, 9.17) is 42.3 Å². The van der Waals surface area contributed by atoms with E-state index in [1.165, 1.54) is 56.2 Å². The molecule has 7 aromatic rings. The van der Waals surface area contributed by atoms with E-state index >= 15 is 0 Å². The van der Waals surface area contributed by atoms with E-state index in [0.29, 0.717) is 37.3 Å². The predicted octanol–water partition coefficient (Wildman–Crippen LogP) is 17.1. The highest BCUT2D eigenvalue weighted by Gasteiger charge is 2.58. The van der Waals surface area contributed by atoms with Gasteiger partial charge in [0.15, 0.2) is 0 Å². The van der Waals surface area contributed by atoms with Gasteiger partial charge in [0.2, 0.25) is 40.1 Å². The largest absolute Gasteiger partial charge is 0.569 e. The molecular formula is C108H173B6F3N7O21S4. The van der Waals surface area contributed by atoms with E-state index in [2.05, 4.69) is 97.8 Å². The second-order valence-electron chi connectivity index (χ2n) is 52.7. The van der Waals surface area contributed by atoms with Crippen molar-refractivity contribution in [3.05, 3.63) is 153 Å². The Morgan fingerprint density at radius 2 is 0.919 bits per heavy atom. The number of fused-ring (bicyclic) bond motifs is 2. The molecule has 0 saturated carbocycles. The number of rotatable bonds is 18. The Morgan fingerprint density at radius 1 is 0.503 bits per heavy atom. The normalized spacial score (nSPS) is 19.6. The van der Waals surface area contributed by atoms with Crippen molar-refractivity contribution in [2.45, 2.75) is 451 Å². The van der Waals surface area contributed by atoms with Gasteiger partial charge >= 0.3 is 49.5 Å². The number of sulfonamides is 4. The zero-order chi connectivity index (χ0) is 114. The lowest BCUT2D eigenvalue weighted by Gasteiger charge is -2.33. The molecular weight excluding hydrogens is 1980 g/mol. The maximum absolute atomic E-state index is 13.3. The SMILES string of the molecule is CC(C)(C)Cn1cc(O[B]O)cc(C(F)(F)F)c1=O.CC(C)(C)NS(=O)(=O)c1ccc(B2OC(C)(C)C(C)(C)O2)cc1C(C)(C)C.CC(C)c1cc(B(O)O)cc2c1S(=O)(=O)N(C(C)C)C2(C)C.CC1(C)OB(c2cn(CN3CCCCC3)c3ccccc23)OC1(C)C.CN(C(C)(C)C)S(=O)(=O)c1cc(B2OC(C)(C)C(C)(C)O2)cc(C(C)(C)C)c1.CN(C(C)(C)C)S(=O)(=O)c1ccc(B2OC(C)(C)C(C)(C)O2)cc1C(C)(C)C. The molecule has 6 aliphatic heterocycles. The van der Waals surface area contributed by atoms with Crippen LogP contribution in [0.1, 0.15) is 356 Å². The summed E-state index contributed by atoms with van der Waals surface area (Å²) in [4.78, 5) is 15.5. The molecule has 8 heterocycles. The molecule has 5 aromatic carbocycles. The van der Waals surface area contributed by atoms with Crippen LogP contribution in [-0.2, 0) is 119 Å². The van der Waals surface area contributed by atoms with Gasteiger partial charge in [-0.2, -0.15) is 26.1 Å². The molecule has 4 N–H and O–H groups in total. The van der Waals surface area contributed by atoms with Crippen LogP contribution in [-0.4, -0.2) is 214 Å². The number of benzene rings is 5. The van der Waals surface area contributed by atoms with Gasteiger partial charge in [0.25, 0.3) is 5.56 Å². The maximum Gasteiger partial charge on any atom is 0.569 e. The molecule has 0 spiro atoms. The molecule has 0 unspecified atom stereocenters. The van der Waals surface area contributed by atoms with E-state index in [1.54, 1.807) is 83.4 Å². The van der Waals surface area contributed by atoms with E-state index in [0.717, 1.165) is 56.0 Å². The highest BCUT2D eigenvalue weighted by Crippen LogP contribution is 2.49. The number of pyridine rings is 1. The van der Waals surface area contributed by atoms with Gasteiger partial charge in [-0.15, -0.1) is 0 Å². The molecule has 2 aromatic heterocycles. The van der Waals surface area contributed by atoms with Crippen LogP contribution in [0.3, 0.4) is 0 Å². The fourth-order valence-corrected chi connectivity index (χ4v) is 25.6. The lowest BCUT2D eigenvalue weighted by molar-refractivity contribution is -0.139. The zero-order valence-electron chi connectivity index (χ0n) is 97.6. The molecule has 5 saturated heterocycles. The Kier molecular flexibility index (Phi) is 38.0. The van der Waals surface area contributed by atoms with Gasteiger partial charge in [0.05, 0.1) is 76.6 Å². The van der Waals surface area contributed by atoms with E-state index < -0.39 is 142 Å². The van der Waals surface area contributed by atoms with Gasteiger partial charge < -0.3 is 66.1 Å². The summed E-state index contributed by atoms with van der Waals surface area (Å²) in [5.74, 6) is -0.288. The molecule has 28 nitrogen and oxygen atoms in total. The summed E-state index contributed by atoms with van der Waals surface area (Å²) >= 11 is 0. The minimum Gasteiger partial charge on any atom is -0.536 e. The maximum atomic E-state index is 13.3. The molecule has 5 fully saturated rings. The highest BCUT2D eigenvalue weighted by atomic mass is 32.2. The van der Waals surface area contributed by atoms with E-state index in [-0.39, 0.29) is 76.8 Å². The summed E-state index contributed by atoms with van der Waals surface area (Å²) in [6.45, 7) is 87.6. The van der Waals surface area contributed by atoms with E-state index in [9.17, 15) is 61.7 Å². The Bertz CT molecular complexity index is 6410. The number of aromatic nitrogens is 2. The van der Waals surface area contributed by atoms with Crippen molar-refractivity contribution < 1.29 is 104 Å². The monoisotopic (exact) mass is 2160 g/mol. The Morgan fingerprint density at radius 3 is 1.31 bits per heavy atom. The average Bonchev–Trinajstić information content (AvgIpc) is 1.54. The first-order valence-corrected chi connectivity index (χ1v) is 57.3. The first-order valence-electron chi connectivity index (χ1n) is 51.5. The second kappa shape index (κ2) is 44.3. The Hall–Kier alpha value is -6.27. The van der Waals surface area contributed by atoms with Gasteiger partial charge in [-0.1, -0.05) is 164 Å². The first kappa shape index (κ1) is 128. The minimum absolute atomic E-state index is 0.0369. The molecule has 6 aliphatic rings. The molecule has 829 valence electrons. The third-order valence-electron chi connectivity index (χ3n) is 29.5. The molecule has 41 heteroatoms. The van der Waals surface area contributed by atoms with Crippen LogP contribution in [0.25, 0.3) is 10.9 Å². The standard InChI is InChI=1S/2C21H36BNO4S.C20H29BN2O2.C20H34BNO4S.C15H24BNO4S.C11H14BF3NO3/c1-18(2,3)15-12-16(22-26-20(7,8)21(9,10)27-22)14-17(13-15)28(24,25)23(11)19(4,5)6;1-18(2,3)16-14-15(22-26-20(7,8)21(9,10)27-22)12-13-17(16)28(24,25)23(11)19(4,5)6;1-19(2)20(3,4)25-21(24-19)17-14-23(15-22-12-8-5-9-13-22)18-11-7-6-10-16(17)18;1-17(2,3)15-13-14(21-25-19(7,8)20(9,10)26-21)11-12-16(15)27(23,24)22-18(4,5)6;1-9(2)12-7-11(16(18)19)8-13-14(12)22(20,21)17(10(3)4)15(13,5)6;1-10(2,3)6-16-5-7(19-12-18)4-8(9(16)17)11(13,14)15/h2*12-14H,1-11H3;6-7,10-11,14H,5,8-9,12-13,15H2,1-4H3;11-13,22H,1-10H3;7-10,18-19H,1-6H3;4-5,18H,6H2,1-3H3. The van der Waals surface area contributed by atoms with Crippen LogP contribution >= 0.6 is 0 Å². The van der Waals surface area contributed by atoms with Crippen LogP contribution in [0.2, 0.25) is 0 Å². The van der Waals surface area contributed by atoms with Crippen molar-refractivity contribution in [1.29, 1.82) is 0 Å². The molecule has 13 rings (SSSR count). The predicted molar refractivity (Wildman–Crippen MR) is 596 cm³/mol. The number of hydrogen-bond donors (Lipinski definition) is 4. The number of piperidine rings is 1. The molecule has 0 atom stereocenters. The summed E-state index contributed by atoms with van der Waals surface area (Å²) in [6, 6.07) is 28.4. The first-order chi connectivity index (χ1) is 66.8. The van der Waals surface area contributed by atoms with Crippen molar-refractivity contribution in [2.75, 3.05) is 27.2 Å². The van der Waals surface area contributed by atoms with Crippen LogP contribution in [0.4, 0.5) is 13.2 Å². The number of hydrogen-bond acceptors (Lipinski definition) is 22. The zero-order valence-corrected chi connectivity index (χ0v) is 101. The average molecular weight is 2160 g/mol. The van der Waals surface area contributed by atoms with Gasteiger partial charge in [0.1, 0.15) is 11.3 Å². The number of halogens is 3. The van der Waals surface area contributed by atoms with Crippen LogP contribution in [0, 0.1) is 5.41 Å².